The van der Waals surface area contributed by atoms with Crippen LogP contribution in [0.25, 0.3) is 22.4 Å². The first-order chi connectivity index (χ1) is 13.7. The van der Waals surface area contributed by atoms with Crippen LogP contribution in [-0.4, -0.2) is 14.2 Å². The van der Waals surface area contributed by atoms with Crippen molar-refractivity contribution in [3.63, 3.8) is 0 Å². The lowest BCUT2D eigenvalue weighted by molar-refractivity contribution is 0.686. The van der Waals surface area contributed by atoms with E-state index >= 15 is 0 Å². The van der Waals surface area contributed by atoms with Crippen LogP contribution >= 0.6 is 11.6 Å². The molecule has 0 saturated carbocycles. The predicted molar refractivity (Wildman–Crippen MR) is 114 cm³/mol. The van der Waals surface area contributed by atoms with E-state index in [-0.39, 0.29) is 5.95 Å². The molecule has 4 aromatic rings. The second-order valence-electron chi connectivity index (χ2n) is 5.98. The van der Waals surface area contributed by atoms with Gasteiger partial charge in [0.1, 0.15) is 5.15 Å². The number of aromatic nitrogens is 2. The summed E-state index contributed by atoms with van der Waals surface area (Å²) in [6, 6.07) is 28.6. The summed E-state index contributed by atoms with van der Waals surface area (Å²) in [6.07, 6.45) is 0. The maximum Gasteiger partial charge on any atom is 0.237 e. The van der Waals surface area contributed by atoms with Crippen LogP contribution in [0, 0.1) is 0 Å². The fraction of sp³-hybridized carbons (Fsp3) is 0. The van der Waals surface area contributed by atoms with Crippen LogP contribution in [0.3, 0.4) is 0 Å². The molecule has 6 heteroatoms. The Morgan fingerprint density at radius 1 is 0.714 bits per heavy atom. The summed E-state index contributed by atoms with van der Waals surface area (Å²) in [5.74, 6) is 0.214. The largest absolute Gasteiger partial charge is 0.269 e. The zero-order valence-corrected chi connectivity index (χ0v) is 16.3. The fourth-order valence-corrected chi connectivity index (χ4v) is 3.89. The van der Waals surface area contributed by atoms with Gasteiger partial charge in [-0.1, -0.05) is 90.5 Å². The normalized spacial score (nSPS) is 11.8. The Morgan fingerprint density at radius 2 is 1.25 bits per heavy atom. The number of halogens is 1. The van der Waals surface area contributed by atoms with Crippen LogP contribution in [0.4, 0.5) is 5.95 Å². The third kappa shape index (κ3) is 3.96. The van der Waals surface area contributed by atoms with Crippen molar-refractivity contribution in [1.29, 1.82) is 0 Å². The Bertz CT molecular complexity index is 1110. The molecule has 138 valence electrons. The number of benzene rings is 3. The van der Waals surface area contributed by atoms with Crippen LogP contribution in [0.1, 0.15) is 0 Å². The summed E-state index contributed by atoms with van der Waals surface area (Å²) in [6.45, 7) is 0. The van der Waals surface area contributed by atoms with Gasteiger partial charge in [-0.15, -0.1) is 0 Å². The SMILES string of the molecule is O=S(Nc1nc(Cl)c(-c2ccccc2)c(-c2ccccc2)n1)c1ccccc1. The maximum atomic E-state index is 12.6. The molecule has 1 atom stereocenters. The zero-order valence-electron chi connectivity index (χ0n) is 14.7. The van der Waals surface area contributed by atoms with Crippen LogP contribution in [0.5, 0.6) is 0 Å². The summed E-state index contributed by atoms with van der Waals surface area (Å²) < 4.78 is 15.5. The van der Waals surface area contributed by atoms with Crippen molar-refractivity contribution in [1.82, 2.24) is 9.97 Å². The van der Waals surface area contributed by atoms with Crippen molar-refractivity contribution in [2.75, 3.05) is 4.72 Å². The van der Waals surface area contributed by atoms with Gasteiger partial charge in [0.25, 0.3) is 0 Å². The van der Waals surface area contributed by atoms with E-state index < -0.39 is 11.0 Å². The van der Waals surface area contributed by atoms with E-state index in [9.17, 15) is 4.21 Å². The molecule has 1 heterocycles. The molecule has 4 nitrogen and oxygen atoms in total. The molecule has 0 aliphatic carbocycles. The Labute approximate surface area is 170 Å². The van der Waals surface area contributed by atoms with E-state index in [2.05, 4.69) is 14.7 Å². The van der Waals surface area contributed by atoms with Crippen molar-refractivity contribution in [3.8, 4) is 22.4 Å². The second kappa shape index (κ2) is 8.33. The molecule has 0 radical (unpaired) electrons. The minimum absolute atomic E-state index is 0.214. The summed E-state index contributed by atoms with van der Waals surface area (Å²) in [5, 5.41) is 0.299. The fourth-order valence-electron chi connectivity index (χ4n) is 2.83. The van der Waals surface area contributed by atoms with Crippen molar-refractivity contribution in [2.45, 2.75) is 4.90 Å². The van der Waals surface area contributed by atoms with E-state index in [1.807, 2.05) is 78.9 Å². The molecular weight excluding hydrogens is 390 g/mol. The third-order valence-corrected chi connectivity index (χ3v) is 5.46. The summed E-state index contributed by atoms with van der Waals surface area (Å²) >= 11 is 6.56. The highest BCUT2D eigenvalue weighted by molar-refractivity contribution is 7.86. The molecule has 0 bridgehead atoms. The minimum Gasteiger partial charge on any atom is -0.269 e. The average Bonchev–Trinajstić information content (AvgIpc) is 2.75. The first-order valence-corrected chi connectivity index (χ1v) is 10.2. The van der Waals surface area contributed by atoms with Crippen molar-refractivity contribution in [2.24, 2.45) is 0 Å². The molecule has 1 unspecified atom stereocenters. The number of nitrogens with one attached hydrogen (secondary N) is 1. The monoisotopic (exact) mass is 405 g/mol. The smallest absolute Gasteiger partial charge is 0.237 e. The van der Waals surface area contributed by atoms with Gasteiger partial charge in [0, 0.05) is 11.1 Å². The maximum absolute atomic E-state index is 12.6. The molecule has 1 aromatic heterocycles. The Kier molecular flexibility index (Phi) is 5.46. The molecular formula is C22H16ClN3OS. The van der Waals surface area contributed by atoms with Crippen LogP contribution < -0.4 is 4.72 Å². The molecule has 4 rings (SSSR count). The van der Waals surface area contributed by atoms with Gasteiger partial charge in [-0.05, 0) is 17.7 Å². The van der Waals surface area contributed by atoms with Gasteiger partial charge in [0.15, 0.2) is 11.0 Å². The summed E-state index contributed by atoms with van der Waals surface area (Å²) in [5.41, 5.74) is 3.24. The summed E-state index contributed by atoms with van der Waals surface area (Å²) in [4.78, 5) is 9.63. The van der Waals surface area contributed by atoms with E-state index in [4.69, 9.17) is 11.6 Å². The third-order valence-electron chi connectivity index (χ3n) is 4.12. The van der Waals surface area contributed by atoms with E-state index in [1.165, 1.54) is 0 Å². The van der Waals surface area contributed by atoms with Crippen molar-refractivity contribution in [3.05, 3.63) is 96.1 Å². The molecule has 0 amide bonds. The van der Waals surface area contributed by atoms with Gasteiger partial charge in [-0.25, -0.2) is 9.19 Å². The molecule has 0 fully saturated rings. The van der Waals surface area contributed by atoms with Crippen LogP contribution in [0.15, 0.2) is 95.9 Å². The molecule has 0 saturated heterocycles. The lowest BCUT2D eigenvalue weighted by Gasteiger charge is -2.13. The molecule has 0 aliphatic rings. The predicted octanol–water partition coefficient (Wildman–Crippen LogP) is 5.60. The lowest BCUT2D eigenvalue weighted by Crippen LogP contribution is -2.09. The van der Waals surface area contributed by atoms with Gasteiger partial charge in [0.2, 0.25) is 5.95 Å². The highest BCUT2D eigenvalue weighted by atomic mass is 35.5. The summed E-state index contributed by atoms with van der Waals surface area (Å²) in [7, 11) is -1.49. The highest BCUT2D eigenvalue weighted by Crippen LogP contribution is 2.36. The number of rotatable bonds is 5. The average molecular weight is 406 g/mol. The van der Waals surface area contributed by atoms with Gasteiger partial charge < -0.3 is 0 Å². The van der Waals surface area contributed by atoms with Crippen LogP contribution in [-0.2, 0) is 11.0 Å². The van der Waals surface area contributed by atoms with E-state index in [0.29, 0.717) is 15.7 Å². The number of hydrogen-bond donors (Lipinski definition) is 1. The van der Waals surface area contributed by atoms with E-state index in [0.717, 1.165) is 16.7 Å². The Balaban J connectivity index is 1.80. The van der Waals surface area contributed by atoms with Gasteiger partial charge in [-0.2, -0.15) is 4.98 Å². The zero-order chi connectivity index (χ0) is 19.3. The first kappa shape index (κ1) is 18.3. The number of anilines is 1. The second-order valence-corrected chi connectivity index (χ2v) is 7.55. The lowest BCUT2D eigenvalue weighted by atomic mass is 10.0. The highest BCUT2D eigenvalue weighted by Gasteiger charge is 2.17. The van der Waals surface area contributed by atoms with Crippen LogP contribution in [0.2, 0.25) is 5.15 Å². The van der Waals surface area contributed by atoms with E-state index in [1.54, 1.807) is 12.1 Å². The standard InChI is InChI=1S/C22H16ClN3OS/c23-21-19(16-10-4-1-5-11-16)20(17-12-6-2-7-13-17)24-22(25-21)26-28(27)18-14-8-3-9-15-18/h1-15H,(H,24,25,26). The molecule has 0 aliphatic heterocycles. The quantitative estimate of drug-likeness (QED) is 0.440. The molecule has 0 spiro atoms. The number of hydrogen-bond acceptors (Lipinski definition) is 3. The van der Waals surface area contributed by atoms with Crippen molar-refractivity contribution >= 4 is 28.5 Å². The Morgan fingerprint density at radius 3 is 1.86 bits per heavy atom. The first-order valence-electron chi connectivity index (χ1n) is 8.64. The Hall–Kier alpha value is -3.02. The molecule has 1 N–H and O–H groups in total. The number of nitrogens with zero attached hydrogens (tertiary/aromatic N) is 2. The minimum atomic E-state index is -1.49. The van der Waals surface area contributed by atoms with Crippen molar-refractivity contribution < 1.29 is 4.21 Å². The van der Waals surface area contributed by atoms with Gasteiger partial charge >= 0.3 is 0 Å². The van der Waals surface area contributed by atoms with Gasteiger partial charge in [0.05, 0.1) is 10.6 Å². The topological polar surface area (TPSA) is 54.9 Å². The molecule has 3 aromatic carbocycles. The van der Waals surface area contributed by atoms with Gasteiger partial charge in [-0.3, -0.25) is 4.72 Å². The molecule has 28 heavy (non-hydrogen) atoms.